The van der Waals surface area contributed by atoms with Crippen LogP contribution in [0, 0.1) is 17.0 Å². The molecule has 4 aromatic rings. The highest BCUT2D eigenvalue weighted by Crippen LogP contribution is 2.29. The summed E-state index contributed by atoms with van der Waals surface area (Å²) in [6, 6.07) is 20.6. The Morgan fingerprint density at radius 3 is 2.54 bits per heavy atom. The lowest BCUT2D eigenvalue weighted by Crippen LogP contribution is -2.28. The van der Waals surface area contributed by atoms with Gasteiger partial charge in [-0.15, -0.1) is 10.2 Å². The van der Waals surface area contributed by atoms with Crippen molar-refractivity contribution in [2.24, 2.45) is 0 Å². The molecule has 0 spiro atoms. The van der Waals surface area contributed by atoms with Gasteiger partial charge < -0.3 is 5.32 Å². The van der Waals surface area contributed by atoms with Crippen molar-refractivity contribution in [3.63, 3.8) is 0 Å². The third-order valence-electron chi connectivity index (χ3n) is 5.28. The topological polar surface area (TPSA) is 103 Å². The lowest BCUT2D eigenvalue weighted by Gasteiger charge is -2.17. The molecular weight excluding hydrogens is 486 g/mol. The smallest absolute Gasteiger partial charge is 0.269 e. The highest BCUT2D eigenvalue weighted by molar-refractivity contribution is 7.98. The summed E-state index contributed by atoms with van der Waals surface area (Å²) < 4.78 is 1.81. The Morgan fingerprint density at radius 1 is 1.11 bits per heavy atom. The second-order valence-corrected chi connectivity index (χ2v) is 9.25. The fraction of sp³-hybridized carbons (Fsp3) is 0.160. The normalized spacial score (nSPS) is 11.7. The SMILES string of the molecule is Cc1cccc(CSc2nnc(C(C)NC(=O)c3ccccc3Cl)n2-c2ccc([N+](=O)[O-])cc2)c1. The molecular formula is C25H22ClN5O3S. The van der Waals surface area contributed by atoms with Crippen LogP contribution in [0.15, 0.2) is 78.0 Å². The maximum absolute atomic E-state index is 12.8. The molecule has 1 N–H and O–H groups in total. The van der Waals surface area contributed by atoms with E-state index < -0.39 is 11.0 Å². The fourth-order valence-corrected chi connectivity index (χ4v) is 4.68. The number of aryl methyl sites for hydroxylation is 1. The molecule has 8 nitrogen and oxygen atoms in total. The zero-order valence-corrected chi connectivity index (χ0v) is 20.6. The number of carbonyl (C=O) groups excluding carboxylic acids is 1. The molecule has 0 aliphatic carbocycles. The van der Waals surface area contributed by atoms with E-state index in [4.69, 9.17) is 11.6 Å². The van der Waals surface area contributed by atoms with E-state index in [9.17, 15) is 14.9 Å². The average molecular weight is 508 g/mol. The number of nitrogens with one attached hydrogen (secondary N) is 1. The van der Waals surface area contributed by atoms with E-state index in [0.717, 1.165) is 11.1 Å². The highest BCUT2D eigenvalue weighted by Gasteiger charge is 2.23. The Labute approximate surface area is 211 Å². The predicted molar refractivity (Wildman–Crippen MR) is 136 cm³/mol. The first kappa shape index (κ1) is 24.4. The Bertz CT molecular complexity index is 1370. The summed E-state index contributed by atoms with van der Waals surface area (Å²) in [6.45, 7) is 3.84. The Hall–Kier alpha value is -3.69. The number of thioether (sulfide) groups is 1. The summed E-state index contributed by atoms with van der Waals surface area (Å²) in [5.41, 5.74) is 3.29. The summed E-state index contributed by atoms with van der Waals surface area (Å²) >= 11 is 7.67. The van der Waals surface area contributed by atoms with E-state index >= 15 is 0 Å². The number of nitrogens with zero attached hydrogens (tertiary/aromatic N) is 4. The molecule has 0 saturated heterocycles. The van der Waals surface area contributed by atoms with Gasteiger partial charge in [0.05, 0.1) is 21.6 Å². The Morgan fingerprint density at radius 2 is 1.86 bits per heavy atom. The Kier molecular flexibility index (Phi) is 7.48. The number of non-ortho nitro benzene ring substituents is 1. The van der Waals surface area contributed by atoms with Crippen LogP contribution in [0.2, 0.25) is 5.02 Å². The van der Waals surface area contributed by atoms with Gasteiger partial charge in [0.25, 0.3) is 11.6 Å². The fourth-order valence-electron chi connectivity index (χ4n) is 3.56. The molecule has 35 heavy (non-hydrogen) atoms. The van der Waals surface area contributed by atoms with Crippen LogP contribution in [-0.4, -0.2) is 25.6 Å². The summed E-state index contributed by atoms with van der Waals surface area (Å²) in [5.74, 6) is 0.814. The molecule has 0 aliphatic rings. The van der Waals surface area contributed by atoms with Crippen molar-refractivity contribution in [2.75, 3.05) is 0 Å². The predicted octanol–water partition coefficient (Wildman–Crippen LogP) is 5.92. The number of nitro groups is 1. The van der Waals surface area contributed by atoms with Gasteiger partial charge in [0.15, 0.2) is 11.0 Å². The molecule has 3 aromatic carbocycles. The van der Waals surface area contributed by atoms with Crippen LogP contribution in [0.3, 0.4) is 0 Å². The van der Waals surface area contributed by atoms with Crippen LogP contribution >= 0.6 is 23.4 Å². The minimum atomic E-state index is -0.519. The first-order valence-corrected chi connectivity index (χ1v) is 12.1. The molecule has 178 valence electrons. The van der Waals surface area contributed by atoms with Gasteiger partial charge >= 0.3 is 0 Å². The van der Waals surface area contributed by atoms with Gasteiger partial charge in [0.1, 0.15) is 0 Å². The van der Waals surface area contributed by atoms with Gasteiger partial charge in [-0.1, -0.05) is 65.3 Å². The summed E-state index contributed by atoms with van der Waals surface area (Å²) in [7, 11) is 0. The van der Waals surface area contributed by atoms with Gasteiger partial charge in [-0.2, -0.15) is 0 Å². The third-order valence-corrected chi connectivity index (χ3v) is 6.61. The molecule has 1 aromatic heterocycles. The summed E-state index contributed by atoms with van der Waals surface area (Å²) in [5, 5.41) is 23.7. The number of benzene rings is 3. The third kappa shape index (κ3) is 5.70. The molecule has 1 unspecified atom stereocenters. The van der Waals surface area contributed by atoms with Crippen molar-refractivity contribution in [3.05, 3.63) is 110 Å². The molecule has 0 bridgehead atoms. The molecule has 0 aliphatic heterocycles. The van der Waals surface area contributed by atoms with Crippen LogP contribution in [-0.2, 0) is 5.75 Å². The number of hydrogen-bond donors (Lipinski definition) is 1. The number of hydrogen-bond acceptors (Lipinski definition) is 6. The number of nitro benzene ring substituents is 1. The van der Waals surface area contributed by atoms with Crippen molar-refractivity contribution in [1.82, 2.24) is 20.1 Å². The lowest BCUT2D eigenvalue weighted by atomic mass is 10.2. The van der Waals surface area contributed by atoms with Gasteiger partial charge in [-0.25, -0.2) is 0 Å². The molecule has 1 amide bonds. The molecule has 0 fully saturated rings. The second kappa shape index (κ2) is 10.7. The summed E-state index contributed by atoms with van der Waals surface area (Å²) in [6.07, 6.45) is 0. The summed E-state index contributed by atoms with van der Waals surface area (Å²) in [4.78, 5) is 23.5. The van der Waals surface area contributed by atoms with E-state index in [0.29, 0.717) is 33.0 Å². The first-order valence-electron chi connectivity index (χ1n) is 10.8. The van der Waals surface area contributed by atoms with Crippen LogP contribution in [0.5, 0.6) is 0 Å². The van der Waals surface area contributed by atoms with E-state index in [1.165, 1.54) is 23.9 Å². The van der Waals surface area contributed by atoms with Crippen LogP contribution < -0.4 is 5.32 Å². The number of carbonyl (C=O) groups is 1. The van der Waals surface area contributed by atoms with Crippen molar-refractivity contribution < 1.29 is 9.72 Å². The van der Waals surface area contributed by atoms with Crippen molar-refractivity contribution >= 4 is 35.0 Å². The number of aromatic nitrogens is 3. The quantitative estimate of drug-likeness (QED) is 0.180. The van der Waals surface area contributed by atoms with E-state index in [1.54, 1.807) is 43.3 Å². The van der Waals surface area contributed by atoms with E-state index in [2.05, 4.69) is 21.6 Å². The molecule has 0 radical (unpaired) electrons. The lowest BCUT2D eigenvalue weighted by molar-refractivity contribution is -0.384. The van der Waals surface area contributed by atoms with E-state index in [1.807, 2.05) is 29.7 Å². The van der Waals surface area contributed by atoms with Crippen LogP contribution in [0.25, 0.3) is 5.69 Å². The standard InChI is InChI=1S/C25H22ClN5O3S/c1-16-6-5-7-18(14-16)15-35-25-29-28-23(30(25)19-10-12-20(13-11-19)31(33)34)17(2)27-24(32)21-8-3-4-9-22(21)26/h3-14,17H,15H2,1-2H3,(H,27,32). The van der Waals surface area contributed by atoms with Crippen LogP contribution in [0.4, 0.5) is 5.69 Å². The molecule has 1 heterocycles. The van der Waals surface area contributed by atoms with Gasteiger partial charge in [-0.3, -0.25) is 19.5 Å². The number of amides is 1. The Balaban J connectivity index is 1.66. The largest absolute Gasteiger partial charge is 0.342 e. The van der Waals surface area contributed by atoms with Gasteiger partial charge in [0, 0.05) is 23.6 Å². The van der Waals surface area contributed by atoms with Crippen molar-refractivity contribution in [2.45, 2.75) is 30.8 Å². The minimum absolute atomic E-state index is 0.0163. The highest BCUT2D eigenvalue weighted by atomic mass is 35.5. The zero-order chi connectivity index (χ0) is 24.9. The average Bonchev–Trinajstić information content (AvgIpc) is 3.27. The first-order chi connectivity index (χ1) is 16.8. The number of rotatable bonds is 8. The molecule has 0 saturated carbocycles. The van der Waals surface area contributed by atoms with Gasteiger partial charge in [0.2, 0.25) is 0 Å². The molecule has 10 heteroatoms. The van der Waals surface area contributed by atoms with Crippen molar-refractivity contribution in [3.8, 4) is 5.69 Å². The molecule has 4 rings (SSSR count). The number of halogens is 1. The molecule has 1 atom stereocenters. The maximum Gasteiger partial charge on any atom is 0.269 e. The van der Waals surface area contributed by atoms with E-state index in [-0.39, 0.29) is 11.6 Å². The monoisotopic (exact) mass is 507 g/mol. The van der Waals surface area contributed by atoms with Gasteiger partial charge in [-0.05, 0) is 43.7 Å². The van der Waals surface area contributed by atoms with Crippen LogP contribution in [0.1, 0.15) is 40.3 Å². The van der Waals surface area contributed by atoms with Crippen molar-refractivity contribution in [1.29, 1.82) is 0 Å². The minimum Gasteiger partial charge on any atom is -0.342 e. The maximum atomic E-state index is 12.8. The second-order valence-electron chi connectivity index (χ2n) is 7.90. The zero-order valence-electron chi connectivity index (χ0n) is 19.0.